The third-order valence-corrected chi connectivity index (χ3v) is 7.83. The van der Waals surface area contributed by atoms with Crippen LogP contribution in [0.3, 0.4) is 0 Å². The van der Waals surface area contributed by atoms with Crippen LogP contribution >= 0.6 is 0 Å². The highest BCUT2D eigenvalue weighted by molar-refractivity contribution is 5.84. The summed E-state index contributed by atoms with van der Waals surface area (Å²) in [5.41, 5.74) is 1.68. The van der Waals surface area contributed by atoms with Crippen LogP contribution in [0.4, 0.5) is 26.3 Å². The molecule has 1 nitrogen and oxygen atoms in total. The summed E-state index contributed by atoms with van der Waals surface area (Å²) in [5.74, 6) is -3.14. The molecule has 0 aromatic heterocycles. The van der Waals surface area contributed by atoms with Crippen LogP contribution < -0.4 is 4.74 Å². The number of rotatable bonds is 10. The average Bonchev–Trinajstić information content (AvgIpc) is 2.88. The standard InChI is InChI=1S/C31H34F6O/c1-2-3-4-20-5-7-21(8-6-20)9-10-22-12-16-26-25(17-22)15-14-24(29(26)34)13-11-23-18-27(32)30(28(33)19-23)38-31(35,36)37/h12,14-21H,2-11,13H2,1H3. The molecule has 1 aliphatic carbocycles. The van der Waals surface area contributed by atoms with Crippen LogP contribution in [0.15, 0.2) is 42.5 Å². The van der Waals surface area contributed by atoms with E-state index < -0.39 is 29.6 Å². The quantitative estimate of drug-likeness (QED) is 0.234. The molecule has 38 heavy (non-hydrogen) atoms. The summed E-state index contributed by atoms with van der Waals surface area (Å²) in [5, 5.41) is 1.28. The van der Waals surface area contributed by atoms with Gasteiger partial charge in [-0.2, -0.15) is 0 Å². The number of hydrogen-bond donors (Lipinski definition) is 0. The van der Waals surface area contributed by atoms with Gasteiger partial charge in [0.15, 0.2) is 11.6 Å². The van der Waals surface area contributed by atoms with E-state index in [-0.39, 0.29) is 18.4 Å². The van der Waals surface area contributed by atoms with Crippen LogP contribution in [0, 0.1) is 29.3 Å². The molecule has 0 spiro atoms. The number of unbranched alkanes of at least 4 members (excludes halogenated alkanes) is 1. The van der Waals surface area contributed by atoms with E-state index in [2.05, 4.69) is 11.7 Å². The zero-order chi connectivity index (χ0) is 27.3. The van der Waals surface area contributed by atoms with Crippen molar-refractivity contribution in [2.45, 2.75) is 83.9 Å². The highest BCUT2D eigenvalue weighted by Crippen LogP contribution is 2.35. The molecule has 7 heteroatoms. The van der Waals surface area contributed by atoms with E-state index in [9.17, 15) is 22.0 Å². The van der Waals surface area contributed by atoms with E-state index in [4.69, 9.17) is 0 Å². The van der Waals surface area contributed by atoms with E-state index in [1.54, 1.807) is 12.1 Å². The van der Waals surface area contributed by atoms with E-state index in [1.165, 1.54) is 50.5 Å². The molecule has 1 fully saturated rings. The molecule has 1 aliphatic rings. The third-order valence-electron chi connectivity index (χ3n) is 7.83. The molecule has 0 atom stereocenters. The Morgan fingerprint density at radius 1 is 0.763 bits per heavy atom. The minimum Gasteiger partial charge on any atom is -0.399 e. The Hall–Kier alpha value is -2.70. The Bertz CT molecular complexity index is 1200. The highest BCUT2D eigenvalue weighted by atomic mass is 19.4. The van der Waals surface area contributed by atoms with Gasteiger partial charge in [-0.1, -0.05) is 82.2 Å². The molecular formula is C31H34F6O. The second-order valence-electron chi connectivity index (χ2n) is 10.6. The van der Waals surface area contributed by atoms with Crippen molar-refractivity contribution in [2.75, 3.05) is 0 Å². The van der Waals surface area contributed by atoms with Crippen LogP contribution in [-0.2, 0) is 19.3 Å². The molecule has 0 bridgehead atoms. The first-order valence-electron chi connectivity index (χ1n) is 13.6. The predicted molar refractivity (Wildman–Crippen MR) is 138 cm³/mol. The average molecular weight is 537 g/mol. The van der Waals surface area contributed by atoms with Gasteiger partial charge in [0.05, 0.1) is 0 Å². The van der Waals surface area contributed by atoms with Crippen molar-refractivity contribution >= 4 is 10.8 Å². The first-order valence-corrected chi connectivity index (χ1v) is 13.6. The monoisotopic (exact) mass is 536 g/mol. The fraction of sp³-hybridized carbons (Fsp3) is 0.484. The maximum absolute atomic E-state index is 15.2. The molecule has 1 saturated carbocycles. The molecule has 3 aromatic carbocycles. The van der Waals surface area contributed by atoms with Gasteiger partial charge in [0.2, 0.25) is 5.75 Å². The van der Waals surface area contributed by atoms with E-state index in [0.29, 0.717) is 10.9 Å². The van der Waals surface area contributed by atoms with Gasteiger partial charge in [-0.05, 0) is 71.7 Å². The first kappa shape index (κ1) is 28.3. The number of fused-ring (bicyclic) bond motifs is 1. The van der Waals surface area contributed by atoms with Crippen molar-refractivity contribution in [1.29, 1.82) is 0 Å². The highest BCUT2D eigenvalue weighted by Gasteiger charge is 2.34. The molecule has 0 N–H and O–H groups in total. The number of alkyl halides is 3. The summed E-state index contributed by atoms with van der Waals surface area (Å²) in [7, 11) is 0. The van der Waals surface area contributed by atoms with Gasteiger partial charge in [0.25, 0.3) is 0 Å². The molecule has 0 saturated heterocycles. The summed E-state index contributed by atoms with van der Waals surface area (Å²) >= 11 is 0. The summed E-state index contributed by atoms with van der Waals surface area (Å²) in [6, 6.07) is 10.9. The Balaban J connectivity index is 1.35. The zero-order valence-corrected chi connectivity index (χ0v) is 21.7. The van der Waals surface area contributed by atoms with Crippen LogP contribution in [-0.4, -0.2) is 6.36 Å². The predicted octanol–water partition coefficient (Wildman–Crippen LogP) is 9.87. The molecule has 0 amide bonds. The summed E-state index contributed by atoms with van der Waals surface area (Å²) in [6.45, 7) is 2.25. The van der Waals surface area contributed by atoms with Crippen LogP contribution in [0.1, 0.15) is 75.0 Å². The van der Waals surface area contributed by atoms with Crippen molar-refractivity contribution in [3.63, 3.8) is 0 Å². The largest absolute Gasteiger partial charge is 0.573 e. The lowest BCUT2D eigenvalue weighted by molar-refractivity contribution is -0.276. The molecule has 4 rings (SSSR count). The fourth-order valence-electron chi connectivity index (χ4n) is 5.66. The normalized spacial score (nSPS) is 18.2. The maximum atomic E-state index is 15.2. The van der Waals surface area contributed by atoms with Crippen LogP contribution in [0.25, 0.3) is 10.8 Å². The Morgan fingerprint density at radius 3 is 2.05 bits per heavy atom. The van der Waals surface area contributed by atoms with Crippen molar-refractivity contribution in [3.05, 3.63) is 76.6 Å². The van der Waals surface area contributed by atoms with Crippen LogP contribution in [0.2, 0.25) is 0 Å². The SMILES string of the molecule is CCCCC1CCC(CCc2ccc3c(F)c(CCc4cc(F)c(OC(F)(F)F)c(F)c4)ccc3c2)CC1. The number of ether oxygens (including phenoxy) is 1. The van der Waals surface area contributed by atoms with Crippen LogP contribution in [0.5, 0.6) is 5.75 Å². The molecule has 3 aromatic rings. The molecule has 0 heterocycles. The minimum atomic E-state index is -5.20. The molecular weight excluding hydrogens is 502 g/mol. The molecule has 0 aliphatic heterocycles. The van der Waals surface area contributed by atoms with Gasteiger partial charge in [0, 0.05) is 5.39 Å². The van der Waals surface area contributed by atoms with Gasteiger partial charge in [-0.3, -0.25) is 0 Å². The summed E-state index contributed by atoms with van der Waals surface area (Å²) in [6.07, 6.45) is 6.33. The number of aryl methyl sites for hydroxylation is 3. The van der Waals surface area contributed by atoms with Gasteiger partial charge in [0.1, 0.15) is 5.82 Å². The van der Waals surface area contributed by atoms with Crippen molar-refractivity contribution in [2.24, 2.45) is 11.8 Å². The fourth-order valence-corrected chi connectivity index (χ4v) is 5.66. The van der Waals surface area contributed by atoms with Gasteiger partial charge >= 0.3 is 6.36 Å². The number of benzene rings is 3. The molecule has 206 valence electrons. The van der Waals surface area contributed by atoms with Crippen molar-refractivity contribution < 1.29 is 31.1 Å². The lowest BCUT2D eigenvalue weighted by atomic mass is 9.78. The third kappa shape index (κ3) is 7.45. The van der Waals surface area contributed by atoms with E-state index in [1.807, 2.05) is 18.2 Å². The van der Waals surface area contributed by atoms with Crippen molar-refractivity contribution in [3.8, 4) is 5.75 Å². The minimum absolute atomic E-state index is 0.0569. The summed E-state index contributed by atoms with van der Waals surface area (Å²) < 4.78 is 83.7. The smallest absolute Gasteiger partial charge is 0.399 e. The topological polar surface area (TPSA) is 9.23 Å². The number of hydrogen-bond acceptors (Lipinski definition) is 1. The Kier molecular flexibility index (Phi) is 9.27. The van der Waals surface area contributed by atoms with Gasteiger partial charge in [-0.25, -0.2) is 13.2 Å². The molecule has 0 radical (unpaired) electrons. The van der Waals surface area contributed by atoms with Gasteiger partial charge < -0.3 is 4.74 Å². The summed E-state index contributed by atoms with van der Waals surface area (Å²) in [4.78, 5) is 0. The maximum Gasteiger partial charge on any atom is 0.573 e. The van der Waals surface area contributed by atoms with E-state index >= 15 is 4.39 Å². The molecule has 0 unspecified atom stereocenters. The Morgan fingerprint density at radius 2 is 1.42 bits per heavy atom. The number of halogens is 6. The second-order valence-corrected chi connectivity index (χ2v) is 10.6. The lowest BCUT2D eigenvalue weighted by Crippen LogP contribution is -2.19. The Labute approximate surface area is 220 Å². The second kappa shape index (κ2) is 12.4. The van der Waals surface area contributed by atoms with E-state index in [0.717, 1.165) is 42.2 Å². The first-order chi connectivity index (χ1) is 18.1. The zero-order valence-electron chi connectivity index (χ0n) is 21.7. The van der Waals surface area contributed by atoms with Crippen molar-refractivity contribution in [1.82, 2.24) is 0 Å². The lowest BCUT2D eigenvalue weighted by Gasteiger charge is -2.28. The van der Waals surface area contributed by atoms with Gasteiger partial charge in [-0.15, -0.1) is 13.2 Å².